The number of amides is 2. The summed E-state index contributed by atoms with van der Waals surface area (Å²) in [7, 11) is 0. The number of hydrogen-bond acceptors (Lipinski definition) is 6. The van der Waals surface area contributed by atoms with Gasteiger partial charge in [-0.3, -0.25) is 14.6 Å². The fraction of sp³-hybridized carbons (Fsp3) is 0.240. The van der Waals surface area contributed by atoms with Gasteiger partial charge in [0.25, 0.3) is 5.91 Å². The van der Waals surface area contributed by atoms with Gasteiger partial charge in [0, 0.05) is 29.6 Å². The lowest BCUT2D eigenvalue weighted by Crippen LogP contribution is -2.40. The summed E-state index contributed by atoms with van der Waals surface area (Å²) in [6.07, 6.45) is 7.01. The third-order valence-electron chi connectivity index (χ3n) is 6.09. The maximum atomic E-state index is 12.6. The molecule has 5 rings (SSSR count). The molecule has 1 fully saturated rings. The van der Waals surface area contributed by atoms with Crippen LogP contribution in [0.5, 0.6) is 0 Å². The number of carbonyl (C=O) groups is 2. The maximum absolute atomic E-state index is 12.6. The zero-order valence-corrected chi connectivity index (χ0v) is 18.5. The van der Waals surface area contributed by atoms with E-state index in [9.17, 15) is 9.59 Å². The van der Waals surface area contributed by atoms with Crippen molar-refractivity contribution in [1.29, 1.82) is 0 Å². The van der Waals surface area contributed by atoms with Crippen molar-refractivity contribution < 1.29 is 9.59 Å². The first kappa shape index (κ1) is 21.7. The molecule has 9 nitrogen and oxygen atoms in total. The van der Waals surface area contributed by atoms with Crippen molar-refractivity contribution in [2.45, 2.75) is 31.7 Å². The highest BCUT2D eigenvalue weighted by Crippen LogP contribution is 2.26. The van der Waals surface area contributed by atoms with Gasteiger partial charge in [0.1, 0.15) is 17.3 Å². The Bertz CT molecular complexity index is 1320. The summed E-state index contributed by atoms with van der Waals surface area (Å²) in [6.45, 7) is 0. The van der Waals surface area contributed by atoms with Gasteiger partial charge in [0.15, 0.2) is 0 Å². The largest absolute Gasteiger partial charge is 0.337 e. The summed E-state index contributed by atoms with van der Waals surface area (Å²) < 4.78 is 0. The van der Waals surface area contributed by atoms with E-state index in [0.717, 1.165) is 36.8 Å². The van der Waals surface area contributed by atoms with Crippen LogP contribution >= 0.6 is 0 Å². The van der Waals surface area contributed by atoms with Crippen LogP contribution < -0.4 is 16.4 Å². The second-order valence-corrected chi connectivity index (χ2v) is 8.46. The van der Waals surface area contributed by atoms with Crippen LogP contribution in [0.2, 0.25) is 0 Å². The smallest absolute Gasteiger partial charge is 0.274 e. The number of anilines is 2. The Morgan fingerprint density at radius 2 is 1.82 bits per heavy atom. The van der Waals surface area contributed by atoms with Gasteiger partial charge >= 0.3 is 0 Å². The molecule has 2 unspecified atom stereocenters. The molecule has 2 amide bonds. The number of imidazole rings is 1. The lowest BCUT2D eigenvalue weighted by atomic mass is 9.84. The van der Waals surface area contributed by atoms with Crippen molar-refractivity contribution in [3.63, 3.8) is 0 Å². The molecule has 4 aromatic rings. The van der Waals surface area contributed by atoms with Crippen LogP contribution in [0.25, 0.3) is 22.4 Å². The first-order valence-electron chi connectivity index (χ1n) is 11.3. The third-order valence-corrected chi connectivity index (χ3v) is 6.09. The number of rotatable bonds is 5. The van der Waals surface area contributed by atoms with Crippen LogP contribution in [0.15, 0.2) is 60.9 Å². The van der Waals surface area contributed by atoms with Gasteiger partial charge < -0.3 is 21.4 Å². The highest BCUT2D eigenvalue weighted by molar-refractivity contribution is 6.02. The average molecular weight is 456 g/mol. The number of aromatic amines is 1. The molecule has 1 aromatic carbocycles. The molecule has 1 aliphatic carbocycles. The highest BCUT2D eigenvalue weighted by atomic mass is 16.2. The summed E-state index contributed by atoms with van der Waals surface area (Å²) in [6, 6.07) is 14.2. The molecule has 9 heteroatoms. The molecule has 0 radical (unpaired) electrons. The molecule has 3 aromatic heterocycles. The van der Waals surface area contributed by atoms with E-state index < -0.39 is 0 Å². The zero-order chi connectivity index (χ0) is 23.5. The second-order valence-electron chi connectivity index (χ2n) is 8.46. The minimum absolute atomic E-state index is 0.0850. The molecule has 34 heavy (non-hydrogen) atoms. The number of nitrogens with one attached hydrogen (secondary N) is 3. The third kappa shape index (κ3) is 4.65. The van der Waals surface area contributed by atoms with E-state index in [4.69, 9.17) is 5.73 Å². The lowest BCUT2D eigenvalue weighted by Gasteiger charge is -2.27. The van der Waals surface area contributed by atoms with Crippen LogP contribution in [0.1, 0.15) is 36.2 Å². The van der Waals surface area contributed by atoms with Gasteiger partial charge in [-0.25, -0.2) is 9.97 Å². The molecule has 0 spiro atoms. The molecule has 172 valence electrons. The fourth-order valence-corrected chi connectivity index (χ4v) is 4.22. The zero-order valence-electron chi connectivity index (χ0n) is 18.5. The second kappa shape index (κ2) is 9.40. The Balaban J connectivity index is 1.28. The molecule has 0 bridgehead atoms. The first-order valence-corrected chi connectivity index (χ1v) is 11.3. The van der Waals surface area contributed by atoms with Crippen molar-refractivity contribution >= 4 is 34.4 Å². The average Bonchev–Trinajstić information content (AvgIpc) is 3.29. The SMILES string of the molecule is NC1CCCCC1C(=O)Nc1cc2nc(-c3ccc(NC(=O)c4ccccn4)cc3)[nH]c2cn1. The molecule has 1 aliphatic rings. The number of fused-ring (bicyclic) bond motifs is 1. The molecule has 1 saturated carbocycles. The van der Waals surface area contributed by atoms with Gasteiger partial charge in [-0.1, -0.05) is 18.9 Å². The van der Waals surface area contributed by atoms with Gasteiger partial charge in [-0.15, -0.1) is 0 Å². The van der Waals surface area contributed by atoms with Crippen LogP contribution in [-0.4, -0.2) is 37.8 Å². The van der Waals surface area contributed by atoms with Crippen molar-refractivity contribution in [2.75, 3.05) is 10.6 Å². The summed E-state index contributed by atoms with van der Waals surface area (Å²) in [4.78, 5) is 41.2. The van der Waals surface area contributed by atoms with Crippen LogP contribution in [0.4, 0.5) is 11.5 Å². The summed E-state index contributed by atoms with van der Waals surface area (Å²) >= 11 is 0. The van der Waals surface area contributed by atoms with Crippen LogP contribution in [0.3, 0.4) is 0 Å². The van der Waals surface area contributed by atoms with E-state index in [1.807, 2.05) is 12.1 Å². The van der Waals surface area contributed by atoms with E-state index in [0.29, 0.717) is 28.5 Å². The predicted octanol–water partition coefficient (Wildman–Crippen LogP) is 3.73. The van der Waals surface area contributed by atoms with E-state index in [1.54, 1.807) is 48.8 Å². The van der Waals surface area contributed by atoms with Gasteiger partial charge in [-0.2, -0.15) is 0 Å². The molecular weight excluding hydrogens is 430 g/mol. The quantitative estimate of drug-likeness (QED) is 0.362. The predicted molar refractivity (Wildman–Crippen MR) is 130 cm³/mol. The van der Waals surface area contributed by atoms with Crippen molar-refractivity contribution in [3.8, 4) is 11.4 Å². The summed E-state index contributed by atoms with van der Waals surface area (Å²) in [5.41, 5.74) is 9.45. The van der Waals surface area contributed by atoms with E-state index in [2.05, 4.69) is 30.6 Å². The number of nitrogens with zero attached hydrogens (tertiary/aromatic N) is 3. The number of nitrogens with two attached hydrogens (primary N) is 1. The Labute approximate surface area is 196 Å². The lowest BCUT2D eigenvalue weighted by molar-refractivity contribution is -0.121. The molecule has 5 N–H and O–H groups in total. The number of carbonyl (C=O) groups excluding carboxylic acids is 2. The molecule has 0 aliphatic heterocycles. The monoisotopic (exact) mass is 455 g/mol. The van der Waals surface area contributed by atoms with E-state index >= 15 is 0 Å². The Morgan fingerprint density at radius 1 is 1.00 bits per heavy atom. The Hall–Kier alpha value is -4.11. The van der Waals surface area contributed by atoms with Crippen molar-refractivity contribution in [3.05, 3.63) is 66.6 Å². The number of H-pyrrole nitrogens is 1. The molecular formula is C25H25N7O2. The highest BCUT2D eigenvalue weighted by Gasteiger charge is 2.28. The standard InChI is InChI=1S/C25H25N7O2/c26-18-6-2-1-5-17(18)24(33)32-22-13-20-21(14-28-22)31-23(30-20)15-8-10-16(11-9-15)29-25(34)19-7-3-4-12-27-19/h3-4,7-14,17-18H,1-2,5-6,26H2,(H,29,34)(H,30,31)(H,28,32,33). The summed E-state index contributed by atoms with van der Waals surface area (Å²) in [5, 5.41) is 5.72. The minimum Gasteiger partial charge on any atom is -0.337 e. The van der Waals surface area contributed by atoms with E-state index in [-0.39, 0.29) is 23.8 Å². The number of benzene rings is 1. The molecule has 3 heterocycles. The van der Waals surface area contributed by atoms with Gasteiger partial charge in [-0.05, 0) is 49.2 Å². The van der Waals surface area contributed by atoms with E-state index in [1.165, 1.54) is 0 Å². The Kier molecular flexibility index (Phi) is 6.01. The Morgan fingerprint density at radius 3 is 2.59 bits per heavy atom. The number of hydrogen-bond donors (Lipinski definition) is 4. The number of aromatic nitrogens is 4. The van der Waals surface area contributed by atoms with Crippen molar-refractivity contribution in [1.82, 2.24) is 19.9 Å². The van der Waals surface area contributed by atoms with Crippen LogP contribution in [-0.2, 0) is 4.79 Å². The van der Waals surface area contributed by atoms with Gasteiger partial charge in [0.2, 0.25) is 5.91 Å². The number of pyridine rings is 2. The normalized spacial score (nSPS) is 17.9. The topological polar surface area (TPSA) is 139 Å². The summed E-state index contributed by atoms with van der Waals surface area (Å²) in [5.74, 6) is 0.584. The molecule has 0 saturated heterocycles. The molecule has 2 atom stereocenters. The minimum atomic E-state index is -0.271. The van der Waals surface area contributed by atoms with Gasteiger partial charge in [0.05, 0.1) is 23.1 Å². The van der Waals surface area contributed by atoms with Crippen LogP contribution in [0, 0.1) is 5.92 Å². The maximum Gasteiger partial charge on any atom is 0.274 e. The van der Waals surface area contributed by atoms with Crippen molar-refractivity contribution in [2.24, 2.45) is 11.7 Å². The first-order chi connectivity index (χ1) is 16.6. The fourth-order valence-electron chi connectivity index (χ4n) is 4.22.